The minimum Gasteiger partial charge on any atom is -0.493 e. The summed E-state index contributed by atoms with van der Waals surface area (Å²) < 4.78 is 16.0. The minimum atomic E-state index is 0.271. The summed E-state index contributed by atoms with van der Waals surface area (Å²) in [5, 5.41) is 3.35. The average Bonchev–Trinajstić information content (AvgIpc) is 2.73. The normalized spacial score (nSPS) is 13.2. The van der Waals surface area contributed by atoms with Gasteiger partial charge in [-0.2, -0.15) is 0 Å². The molecule has 0 bridgehead atoms. The first-order chi connectivity index (χ1) is 7.70. The first kappa shape index (κ1) is 11.1. The van der Waals surface area contributed by atoms with Crippen LogP contribution in [-0.2, 0) is 6.54 Å². The maximum atomic E-state index is 5.36. The van der Waals surface area contributed by atoms with Gasteiger partial charge in [-0.1, -0.05) is 13.8 Å². The molecule has 0 atom stereocenters. The van der Waals surface area contributed by atoms with Gasteiger partial charge >= 0.3 is 0 Å². The highest BCUT2D eigenvalue weighted by molar-refractivity contribution is 5.55. The molecule has 0 spiro atoms. The number of benzene rings is 1. The lowest BCUT2D eigenvalue weighted by Gasteiger charge is -2.11. The van der Waals surface area contributed by atoms with Crippen LogP contribution in [0.2, 0.25) is 0 Å². The number of methoxy groups -OCH3 is 1. The van der Waals surface area contributed by atoms with Crippen LogP contribution in [0.5, 0.6) is 17.2 Å². The van der Waals surface area contributed by atoms with Crippen molar-refractivity contribution in [2.75, 3.05) is 13.9 Å². The summed E-state index contributed by atoms with van der Waals surface area (Å²) in [5.74, 6) is 2.20. The molecule has 0 radical (unpaired) electrons. The molecule has 1 aromatic rings. The summed E-state index contributed by atoms with van der Waals surface area (Å²) in [7, 11) is 1.64. The van der Waals surface area contributed by atoms with E-state index in [0.29, 0.717) is 11.8 Å². The van der Waals surface area contributed by atoms with Crippen molar-refractivity contribution in [1.82, 2.24) is 5.32 Å². The minimum absolute atomic E-state index is 0.271. The predicted molar refractivity (Wildman–Crippen MR) is 61.1 cm³/mol. The molecule has 0 unspecified atom stereocenters. The largest absolute Gasteiger partial charge is 0.493 e. The predicted octanol–water partition coefficient (Wildman–Crippen LogP) is 1.92. The lowest BCUT2D eigenvalue weighted by atomic mass is 10.1. The van der Waals surface area contributed by atoms with Crippen LogP contribution in [-0.4, -0.2) is 19.9 Å². The Labute approximate surface area is 95.5 Å². The molecule has 0 saturated carbocycles. The van der Waals surface area contributed by atoms with Crippen molar-refractivity contribution in [3.63, 3.8) is 0 Å². The second-order valence-electron chi connectivity index (χ2n) is 4.07. The van der Waals surface area contributed by atoms with Gasteiger partial charge in [-0.25, -0.2) is 0 Å². The second-order valence-corrected chi connectivity index (χ2v) is 4.07. The molecule has 0 aromatic heterocycles. The van der Waals surface area contributed by atoms with Crippen molar-refractivity contribution >= 4 is 0 Å². The van der Waals surface area contributed by atoms with E-state index in [1.165, 1.54) is 0 Å². The Kier molecular flexibility index (Phi) is 3.19. The molecule has 4 heteroatoms. The molecule has 88 valence electrons. The fourth-order valence-corrected chi connectivity index (χ4v) is 1.61. The number of ether oxygens (including phenoxy) is 3. The van der Waals surface area contributed by atoms with Gasteiger partial charge in [0.15, 0.2) is 11.5 Å². The lowest BCUT2D eigenvalue weighted by molar-refractivity contribution is 0.171. The van der Waals surface area contributed by atoms with E-state index in [2.05, 4.69) is 19.2 Å². The van der Waals surface area contributed by atoms with Crippen molar-refractivity contribution in [3.8, 4) is 17.2 Å². The molecule has 1 heterocycles. The Hall–Kier alpha value is -1.42. The molecule has 16 heavy (non-hydrogen) atoms. The number of fused-ring (bicyclic) bond motifs is 1. The molecule has 1 aromatic carbocycles. The van der Waals surface area contributed by atoms with Gasteiger partial charge < -0.3 is 19.5 Å². The molecule has 0 amide bonds. The van der Waals surface area contributed by atoms with Gasteiger partial charge in [-0.05, 0) is 17.7 Å². The molecular weight excluding hydrogens is 206 g/mol. The van der Waals surface area contributed by atoms with Crippen molar-refractivity contribution in [2.45, 2.75) is 26.4 Å². The van der Waals surface area contributed by atoms with Crippen LogP contribution in [0.25, 0.3) is 0 Å². The van der Waals surface area contributed by atoms with Gasteiger partial charge in [0, 0.05) is 12.6 Å². The summed E-state index contributed by atoms with van der Waals surface area (Å²) in [6, 6.07) is 4.42. The molecule has 0 aliphatic carbocycles. The molecule has 0 fully saturated rings. The maximum Gasteiger partial charge on any atom is 0.231 e. The maximum absolute atomic E-state index is 5.36. The molecule has 4 nitrogen and oxygen atoms in total. The van der Waals surface area contributed by atoms with E-state index in [1.807, 2.05) is 12.1 Å². The van der Waals surface area contributed by atoms with Gasteiger partial charge in [-0.3, -0.25) is 0 Å². The van der Waals surface area contributed by atoms with Crippen LogP contribution in [0.3, 0.4) is 0 Å². The monoisotopic (exact) mass is 223 g/mol. The van der Waals surface area contributed by atoms with Crippen LogP contribution >= 0.6 is 0 Å². The summed E-state index contributed by atoms with van der Waals surface area (Å²) >= 11 is 0. The zero-order valence-corrected chi connectivity index (χ0v) is 9.87. The second kappa shape index (κ2) is 4.61. The summed E-state index contributed by atoms with van der Waals surface area (Å²) in [6.07, 6.45) is 0. The molecule has 0 saturated heterocycles. The smallest absolute Gasteiger partial charge is 0.231 e. The SMILES string of the molecule is COc1cc(CNC(C)C)cc2c1OCO2. The van der Waals surface area contributed by atoms with Crippen molar-refractivity contribution in [2.24, 2.45) is 0 Å². The van der Waals surface area contributed by atoms with Crippen LogP contribution in [0.15, 0.2) is 12.1 Å². The third-order valence-electron chi connectivity index (χ3n) is 2.43. The van der Waals surface area contributed by atoms with E-state index in [1.54, 1.807) is 7.11 Å². The third-order valence-corrected chi connectivity index (χ3v) is 2.43. The number of hydrogen-bond acceptors (Lipinski definition) is 4. The van der Waals surface area contributed by atoms with Crippen LogP contribution < -0.4 is 19.5 Å². The van der Waals surface area contributed by atoms with Gasteiger partial charge in [0.25, 0.3) is 0 Å². The van der Waals surface area contributed by atoms with E-state index in [9.17, 15) is 0 Å². The van der Waals surface area contributed by atoms with E-state index < -0.39 is 0 Å². The highest BCUT2D eigenvalue weighted by Gasteiger charge is 2.19. The lowest BCUT2D eigenvalue weighted by Crippen LogP contribution is -2.21. The Morgan fingerprint density at radius 3 is 2.88 bits per heavy atom. The Morgan fingerprint density at radius 2 is 2.19 bits per heavy atom. The van der Waals surface area contributed by atoms with Crippen LogP contribution in [0.1, 0.15) is 19.4 Å². The van der Waals surface area contributed by atoms with Gasteiger partial charge in [0.05, 0.1) is 7.11 Å². The van der Waals surface area contributed by atoms with Crippen molar-refractivity contribution in [1.29, 1.82) is 0 Å². The molecular formula is C12H17NO3. The van der Waals surface area contributed by atoms with E-state index in [4.69, 9.17) is 14.2 Å². The van der Waals surface area contributed by atoms with Crippen molar-refractivity contribution in [3.05, 3.63) is 17.7 Å². The molecule has 1 N–H and O–H groups in total. The van der Waals surface area contributed by atoms with E-state index >= 15 is 0 Å². The zero-order valence-electron chi connectivity index (χ0n) is 9.87. The molecule has 2 rings (SSSR count). The van der Waals surface area contributed by atoms with Gasteiger partial charge in [0.2, 0.25) is 12.5 Å². The average molecular weight is 223 g/mol. The Bertz CT molecular complexity index is 377. The highest BCUT2D eigenvalue weighted by atomic mass is 16.7. The highest BCUT2D eigenvalue weighted by Crippen LogP contribution is 2.41. The summed E-state index contributed by atoms with van der Waals surface area (Å²) in [6.45, 7) is 5.30. The van der Waals surface area contributed by atoms with Crippen LogP contribution in [0.4, 0.5) is 0 Å². The molecule has 1 aliphatic rings. The summed E-state index contributed by atoms with van der Waals surface area (Å²) in [4.78, 5) is 0. The van der Waals surface area contributed by atoms with Crippen LogP contribution in [0, 0.1) is 0 Å². The zero-order chi connectivity index (χ0) is 11.5. The van der Waals surface area contributed by atoms with Gasteiger partial charge in [0.1, 0.15) is 0 Å². The number of hydrogen-bond donors (Lipinski definition) is 1. The summed E-state index contributed by atoms with van der Waals surface area (Å²) in [5.41, 5.74) is 1.13. The van der Waals surface area contributed by atoms with Gasteiger partial charge in [-0.15, -0.1) is 0 Å². The Balaban J connectivity index is 2.20. The first-order valence-electron chi connectivity index (χ1n) is 5.40. The third kappa shape index (κ3) is 2.22. The number of nitrogens with one attached hydrogen (secondary N) is 1. The quantitative estimate of drug-likeness (QED) is 0.846. The fraction of sp³-hybridized carbons (Fsp3) is 0.500. The van der Waals surface area contributed by atoms with E-state index in [-0.39, 0.29) is 6.79 Å². The van der Waals surface area contributed by atoms with E-state index in [0.717, 1.165) is 23.6 Å². The fourth-order valence-electron chi connectivity index (χ4n) is 1.61. The molecule has 1 aliphatic heterocycles. The standard InChI is InChI=1S/C12H17NO3/c1-8(2)13-6-9-4-10(14-3)12-11(5-9)15-7-16-12/h4-5,8,13H,6-7H2,1-3H3. The first-order valence-corrected chi connectivity index (χ1v) is 5.40. The topological polar surface area (TPSA) is 39.7 Å². The number of rotatable bonds is 4. The Morgan fingerprint density at radius 1 is 1.38 bits per heavy atom. The van der Waals surface area contributed by atoms with Crippen molar-refractivity contribution < 1.29 is 14.2 Å².